The summed E-state index contributed by atoms with van der Waals surface area (Å²) in [5.74, 6) is -0.370. The zero-order chi connectivity index (χ0) is 13.0. The van der Waals surface area contributed by atoms with Crippen molar-refractivity contribution in [3.63, 3.8) is 0 Å². The number of ether oxygens (including phenoxy) is 1. The highest BCUT2D eigenvalue weighted by atomic mass is 16.5. The lowest BCUT2D eigenvalue weighted by Crippen LogP contribution is -2.00. The van der Waals surface area contributed by atoms with E-state index in [-0.39, 0.29) is 5.97 Å². The molecule has 0 saturated heterocycles. The van der Waals surface area contributed by atoms with E-state index in [9.17, 15) is 9.59 Å². The second kappa shape index (κ2) is 5.27. The third-order valence-electron chi connectivity index (χ3n) is 2.70. The molecular weight excluding hydrogens is 228 g/mol. The van der Waals surface area contributed by atoms with E-state index in [4.69, 9.17) is 0 Å². The highest BCUT2D eigenvalue weighted by Gasteiger charge is 2.07. The number of hydrogen-bond donors (Lipinski definition) is 0. The van der Waals surface area contributed by atoms with Crippen LogP contribution in [0.1, 0.15) is 20.7 Å². The average Bonchev–Trinajstić information content (AvgIpc) is 2.46. The van der Waals surface area contributed by atoms with Gasteiger partial charge >= 0.3 is 5.97 Å². The summed E-state index contributed by atoms with van der Waals surface area (Å²) in [6, 6.07) is 14.3. The van der Waals surface area contributed by atoms with Crippen molar-refractivity contribution >= 4 is 12.3 Å². The predicted molar refractivity (Wildman–Crippen MR) is 68.6 cm³/mol. The Morgan fingerprint density at radius 1 is 1.06 bits per heavy atom. The van der Waals surface area contributed by atoms with E-state index in [0.29, 0.717) is 11.1 Å². The maximum Gasteiger partial charge on any atom is 0.337 e. The van der Waals surface area contributed by atoms with Crippen LogP contribution in [0.3, 0.4) is 0 Å². The summed E-state index contributed by atoms with van der Waals surface area (Å²) in [4.78, 5) is 22.3. The molecular formula is C15H12O3. The summed E-state index contributed by atoms with van der Waals surface area (Å²) < 4.78 is 4.63. The SMILES string of the molecule is COC(=O)c1ccc(-c2ccccc2C=O)cc1. The third kappa shape index (κ3) is 2.30. The molecule has 0 atom stereocenters. The van der Waals surface area contributed by atoms with Gasteiger partial charge in [0.1, 0.15) is 0 Å². The molecule has 0 fully saturated rings. The van der Waals surface area contributed by atoms with Crippen LogP contribution in [0.2, 0.25) is 0 Å². The molecule has 0 unspecified atom stereocenters. The van der Waals surface area contributed by atoms with E-state index < -0.39 is 0 Å². The predicted octanol–water partition coefficient (Wildman–Crippen LogP) is 2.95. The highest BCUT2D eigenvalue weighted by Crippen LogP contribution is 2.23. The minimum absolute atomic E-state index is 0.370. The Labute approximate surface area is 105 Å². The molecule has 18 heavy (non-hydrogen) atoms. The van der Waals surface area contributed by atoms with Gasteiger partial charge in [0.2, 0.25) is 0 Å². The molecule has 2 aromatic carbocycles. The largest absolute Gasteiger partial charge is 0.465 e. The zero-order valence-corrected chi connectivity index (χ0v) is 9.92. The van der Waals surface area contributed by atoms with E-state index in [2.05, 4.69) is 4.74 Å². The third-order valence-corrected chi connectivity index (χ3v) is 2.70. The molecule has 0 radical (unpaired) electrons. The van der Waals surface area contributed by atoms with Crippen LogP contribution in [-0.2, 0) is 4.74 Å². The standard InChI is InChI=1S/C15H12O3/c1-18-15(17)12-8-6-11(7-9-12)14-5-3-2-4-13(14)10-16/h2-10H,1H3. The fourth-order valence-corrected chi connectivity index (χ4v) is 1.77. The lowest BCUT2D eigenvalue weighted by molar-refractivity contribution is 0.0600. The van der Waals surface area contributed by atoms with Gasteiger partial charge in [0.15, 0.2) is 6.29 Å². The molecule has 2 aromatic rings. The lowest BCUT2D eigenvalue weighted by atomic mass is 9.99. The number of methoxy groups -OCH3 is 1. The van der Waals surface area contributed by atoms with Crippen molar-refractivity contribution in [1.82, 2.24) is 0 Å². The van der Waals surface area contributed by atoms with Gasteiger partial charge < -0.3 is 4.74 Å². The van der Waals surface area contributed by atoms with Crippen molar-refractivity contribution < 1.29 is 14.3 Å². The molecule has 0 saturated carbocycles. The molecule has 3 nitrogen and oxygen atoms in total. The fourth-order valence-electron chi connectivity index (χ4n) is 1.77. The van der Waals surface area contributed by atoms with Gasteiger partial charge in [0, 0.05) is 5.56 Å². The van der Waals surface area contributed by atoms with Crippen LogP contribution in [0.5, 0.6) is 0 Å². The molecule has 0 aliphatic rings. The van der Waals surface area contributed by atoms with E-state index in [1.165, 1.54) is 7.11 Å². The van der Waals surface area contributed by atoms with Crippen molar-refractivity contribution in [3.8, 4) is 11.1 Å². The topological polar surface area (TPSA) is 43.4 Å². The number of carbonyl (C=O) groups excluding carboxylic acids is 2. The van der Waals surface area contributed by atoms with Crippen LogP contribution in [-0.4, -0.2) is 19.4 Å². The minimum Gasteiger partial charge on any atom is -0.465 e. The molecule has 2 rings (SSSR count). The van der Waals surface area contributed by atoms with Gasteiger partial charge in [-0.15, -0.1) is 0 Å². The second-order valence-electron chi connectivity index (χ2n) is 3.77. The van der Waals surface area contributed by atoms with Gasteiger partial charge in [-0.1, -0.05) is 36.4 Å². The van der Waals surface area contributed by atoms with Crippen LogP contribution < -0.4 is 0 Å². The number of rotatable bonds is 3. The molecule has 0 bridgehead atoms. The molecule has 0 amide bonds. The van der Waals surface area contributed by atoms with E-state index >= 15 is 0 Å². The summed E-state index contributed by atoms with van der Waals surface area (Å²) in [5, 5.41) is 0. The van der Waals surface area contributed by atoms with Crippen LogP contribution >= 0.6 is 0 Å². The minimum atomic E-state index is -0.370. The first-order chi connectivity index (χ1) is 8.76. The quantitative estimate of drug-likeness (QED) is 0.612. The van der Waals surface area contributed by atoms with E-state index in [1.54, 1.807) is 30.3 Å². The first kappa shape index (κ1) is 12.0. The van der Waals surface area contributed by atoms with Gasteiger partial charge in [-0.3, -0.25) is 4.79 Å². The number of carbonyl (C=O) groups is 2. The maximum absolute atomic E-state index is 11.3. The monoisotopic (exact) mass is 240 g/mol. The number of aldehydes is 1. The summed E-state index contributed by atoms with van der Waals surface area (Å²) >= 11 is 0. The molecule has 0 heterocycles. The van der Waals surface area contributed by atoms with Crippen LogP contribution in [0.4, 0.5) is 0 Å². The van der Waals surface area contributed by atoms with Crippen molar-refractivity contribution in [2.75, 3.05) is 7.11 Å². The first-order valence-corrected chi connectivity index (χ1v) is 5.49. The van der Waals surface area contributed by atoms with Gasteiger partial charge in [0.05, 0.1) is 12.7 Å². The Morgan fingerprint density at radius 2 is 1.72 bits per heavy atom. The highest BCUT2D eigenvalue weighted by molar-refractivity contribution is 5.91. The smallest absolute Gasteiger partial charge is 0.337 e. The molecule has 3 heteroatoms. The molecule has 0 aliphatic heterocycles. The van der Waals surface area contributed by atoms with Crippen molar-refractivity contribution in [2.45, 2.75) is 0 Å². The average molecular weight is 240 g/mol. The van der Waals surface area contributed by atoms with Gasteiger partial charge in [0.25, 0.3) is 0 Å². The summed E-state index contributed by atoms with van der Waals surface area (Å²) in [6.45, 7) is 0. The van der Waals surface area contributed by atoms with Gasteiger partial charge in [-0.2, -0.15) is 0 Å². The van der Waals surface area contributed by atoms with E-state index in [1.807, 2.05) is 18.2 Å². The second-order valence-corrected chi connectivity index (χ2v) is 3.77. The number of hydrogen-bond acceptors (Lipinski definition) is 3. The molecule has 90 valence electrons. The Balaban J connectivity index is 2.40. The molecule has 0 spiro atoms. The van der Waals surface area contributed by atoms with Gasteiger partial charge in [-0.25, -0.2) is 4.79 Å². The van der Waals surface area contributed by atoms with Crippen molar-refractivity contribution in [3.05, 3.63) is 59.7 Å². The normalized spacial score (nSPS) is 9.83. The lowest BCUT2D eigenvalue weighted by Gasteiger charge is -2.05. The van der Waals surface area contributed by atoms with Crippen LogP contribution in [0.25, 0.3) is 11.1 Å². The van der Waals surface area contributed by atoms with Crippen molar-refractivity contribution in [2.24, 2.45) is 0 Å². The Hall–Kier alpha value is -2.42. The van der Waals surface area contributed by atoms with Crippen LogP contribution in [0, 0.1) is 0 Å². The Kier molecular flexibility index (Phi) is 3.53. The Bertz CT molecular complexity index is 571. The summed E-state index contributed by atoms with van der Waals surface area (Å²) in [7, 11) is 1.35. The molecule has 0 aliphatic carbocycles. The first-order valence-electron chi connectivity index (χ1n) is 5.49. The zero-order valence-electron chi connectivity index (χ0n) is 9.92. The summed E-state index contributed by atoms with van der Waals surface area (Å²) in [6.07, 6.45) is 0.823. The summed E-state index contributed by atoms with van der Waals surface area (Å²) in [5.41, 5.74) is 2.86. The number of esters is 1. The van der Waals surface area contributed by atoms with Crippen LogP contribution in [0.15, 0.2) is 48.5 Å². The Morgan fingerprint density at radius 3 is 2.33 bits per heavy atom. The maximum atomic E-state index is 11.3. The molecule has 0 aromatic heterocycles. The number of benzene rings is 2. The van der Waals surface area contributed by atoms with Crippen molar-refractivity contribution in [1.29, 1.82) is 0 Å². The fraction of sp³-hybridized carbons (Fsp3) is 0.0667. The molecule has 0 N–H and O–H groups in total. The van der Waals surface area contributed by atoms with Gasteiger partial charge in [-0.05, 0) is 23.3 Å². The van der Waals surface area contributed by atoms with E-state index in [0.717, 1.165) is 17.4 Å².